The van der Waals surface area contributed by atoms with Crippen molar-refractivity contribution >= 4 is 23.6 Å². The van der Waals surface area contributed by atoms with E-state index in [4.69, 9.17) is 16.9 Å². The van der Waals surface area contributed by atoms with E-state index in [0.29, 0.717) is 6.42 Å². The lowest BCUT2D eigenvalue weighted by Crippen LogP contribution is -2.07. The molecule has 0 unspecified atom stereocenters. The van der Waals surface area contributed by atoms with E-state index in [0.717, 1.165) is 12.1 Å². The maximum atomic E-state index is 12.7. The third-order valence-electron chi connectivity index (χ3n) is 2.84. The topological polar surface area (TPSA) is 66.0 Å². The maximum Gasteiger partial charge on any atom is 0.416 e. The van der Waals surface area contributed by atoms with Crippen LogP contribution in [0.5, 0.6) is 0 Å². The second kappa shape index (κ2) is 6.71. The normalized spacial score (nSPS) is 11.7. The summed E-state index contributed by atoms with van der Waals surface area (Å²) in [5.74, 6) is 0.221. The number of hydrazone groups is 1. The smallest absolute Gasteiger partial charge is 0.260 e. The molecule has 1 aromatic carbocycles. The molecule has 0 aliphatic heterocycles. The summed E-state index contributed by atoms with van der Waals surface area (Å²) >= 11 is 5.95. The van der Waals surface area contributed by atoms with E-state index in [9.17, 15) is 13.2 Å². The third-order valence-corrected chi connectivity index (χ3v) is 3.14. The lowest BCUT2D eigenvalue weighted by Gasteiger charge is -2.12. The Balaban J connectivity index is 2.48. The second-order valence-corrected chi connectivity index (χ2v) is 4.83. The van der Waals surface area contributed by atoms with Crippen LogP contribution in [0.2, 0.25) is 5.02 Å². The van der Waals surface area contributed by atoms with E-state index >= 15 is 0 Å². The van der Waals surface area contributed by atoms with E-state index in [1.165, 1.54) is 16.9 Å². The molecule has 1 aromatic heterocycles. The maximum absolute atomic E-state index is 12.7. The number of nitriles is 1. The number of nitrogens with zero attached hydrogens (tertiary/aromatic N) is 4. The fraction of sp³-hybridized carbons (Fsp3) is 0.214. The van der Waals surface area contributed by atoms with Gasteiger partial charge >= 0.3 is 6.18 Å². The SMILES string of the molecule is CCC=NNc1c(C#N)cnn1-c1ccc(C(F)(F)F)cc1Cl. The van der Waals surface area contributed by atoms with Gasteiger partial charge in [0, 0.05) is 6.21 Å². The molecule has 5 nitrogen and oxygen atoms in total. The number of alkyl halides is 3. The van der Waals surface area contributed by atoms with Crippen LogP contribution in [-0.2, 0) is 6.18 Å². The van der Waals surface area contributed by atoms with Crippen molar-refractivity contribution < 1.29 is 13.2 Å². The standard InChI is InChI=1S/C14H11ClF3N5/c1-2-5-20-22-13-9(7-19)8-21-23(13)12-4-3-10(6-11(12)15)14(16,17)18/h3-6,8,22H,2H2,1H3. The van der Waals surface area contributed by atoms with Crippen molar-refractivity contribution in [2.75, 3.05) is 5.43 Å². The fourth-order valence-corrected chi connectivity index (χ4v) is 2.03. The second-order valence-electron chi connectivity index (χ2n) is 4.43. The van der Waals surface area contributed by atoms with E-state index < -0.39 is 11.7 Å². The Morgan fingerprint density at radius 1 is 1.48 bits per heavy atom. The molecule has 2 rings (SSSR count). The predicted molar refractivity (Wildman–Crippen MR) is 80.7 cm³/mol. The van der Waals surface area contributed by atoms with Gasteiger partial charge in [0.05, 0.1) is 22.5 Å². The Morgan fingerprint density at radius 2 is 2.22 bits per heavy atom. The number of rotatable bonds is 4. The lowest BCUT2D eigenvalue weighted by atomic mass is 10.2. The minimum absolute atomic E-state index is 0.144. The summed E-state index contributed by atoms with van der Waals surface area (Å²) in [7, 11) is 0. The number of benzene rings is 1. The molecule has 0 atom stereocenters. The van der Waals surface area contributed by atoms with Crippen LogP contribution in [0, 0.1) is 11.3 Å². The van der Waals surface area contributed by atoms with Crippen molar-refractivity contribution in [3.63, 3.8) is 0 Å². The van der Waals surface area contributed by atoms with Crippen LogP contribution >= 0.6 is 11.6 Å². The summed E-state index contributed by atoms with van der Waals surface area (Å²) in [6.45, 7) is 1.88. The molecule has 0 amide bonds. The van der Waals surface area contributed by atoms with Gasteiger partial charge in [-0.25, -0.2) is 4.68 Å². The van der Waals surface area contributed by atoms with Crippen molar-refractivity contribution in [1.82, 2.24) is 9.78 Å². The van der Waals surface area contributed by atoms with Crippen LogP contribution in [0.15, 0.2) is 29.5 Å². The molecule has 0 aliphatic rings. The quantitative estimate of drug-likeness (QED) is 0.668. The molecule has 0 saturated heterocycles. The first-order chi connectivity index (χ1) is 10.9. The molecular weight excluding hydrogens is 331 g/mol. The van der Waals surface area contributed by atoms with Gasteiger partial charge in [0.25, 0.3) is 0 Å². The van der Waals surface area contributed by atoms with Gasteiger partial charge in [0.15, 0.2) is 5.82 Å². The summed E-state index contributed by atoms with van der Waals surface area (Å²) < 4.78 is 39.3. The number of hydrogen-bond acceptors (Lipinski definition) is 4. The van der Waals surface area contributed by atoms with Gasteiger partial charge in [-0.15, -0.1) is 0 Å². The Hall–Kier alpha value is -2.53. The third kappa shape index (κ3) is 3.63. The number of aromatic nitrogens is 2. The molecule has 2 aromatic rings. The fourth-order valence-electron chi connectivity index (χ4n) is 1.77. The lowest BCUT2D eigenvalue weighted by molar-refractivity contribution is -0.137. The van der Waals surface area contributed by atoms with Gasteiger partial charge in [0.1, 0.15) is 11.6 Å². The van der Waals surface area contributed by atoms with Crippen molar-refractivity contribution in [2.24, 2.45) is 5.10 Å². The number of nitrogens with one attached hydrogen (secondary N) is 1. The molecule has 0 aliphatic carbocycles. The van der Waals surface area contributed by atoms with Crippen molar-refractivity contribution in [3.8, 4) is 11.8 Å². The molecule has 0 spiro atoms. The minimum Gasteiger partial charge on any atom is -0.260 e. The number of anilines is 1. The molecule has 1 heterocycles. The van der Waals surface area contributed by atoms with Gasteiger partial charge in [-0.05, 0) is 24.6 Å². The summed E-state index contributed by atoms with van der Waals surface area (Å²) in [5, 5.41) is 16.8. The van der Waals surface area contributed by atoms with E-state index in [1.807, 2.05) is 13.0 Å². The average molecular weight is 342 g/mol. The molecule has 9 heteroatoms. The first kappa shape index (κ1) is 16.8. The molecular formula is C14H11ClF3N5. The Labute approximate surface area is 135 Å². The van der Waals surface area contributed by atoms with Crippen LogP contribution in [-0.4, -0.2) is 16.0 Å². The van der Waals surface area contributed by atoms with Gasteiger partial charge in [-0.1, -0.05) is 18.5 Å². The molecule has 120 valence electrons. The zero-order valence-corrected chi connectivity index (χ0v) is 12.7. The average Bonchev–Trinajstić information content (AvgIpc) is 2.89. The summed E-state index contributed by atoms with van der Waals surface area (Å²) in [6, 6.07) is 4.82. The van der Waals surface area contributed by atoms with Gasteiger partial charge < -0.3 is 0 Å². The minimum atomic E-state index is -4.49. The van der Waals surface area contributed by atoms with Crippen LogP contribution in [0.4, 0.5) is 19.0 Å². The first-order valence-electron chi connectivity index (χ1n) is 6.51. The molecule has 0 bridgehead atoms. The highest BCUT2D eigenvalue weighted by Crippen LogP contribution is 2.34. The van der Waals surface area contributed by atoms with Gasteiger partial charge in [0.2, 0.25) is 0 Å². The van der Waals surface area contributed by atoms with Crippen LogP contribution < -0.4 is 5.43 Å². The molecule has 0 saturated carbocycles. The highest BCUT2D eigenvalue weighted by Gasteiger charge is 2.31. The highest BCUT2D eigenvalue weighted by molar-refractivity contribution is 6.32. The monoisotopic (exact) mass is 341 g/mol. The predicted octanol–water partition coefficient (Wildman–Crippen LogP) is 4.22. The van der Waals surface area contributed by atoms with Crippen LogP contribution in [0.3, 0.4) is 0 Å². The molecule has 0 radical (unpaired) electrons. The van der Waals surface area contributed by atoms with Crippen molar-refractivity contribution in [3.05, 3.63) is 40.5 Å². The van der Waals surface area contributed by atoms with Crippen molar-refractivity contribution in [2.45, 2.75) is 19.5 Å². The van der Waals surface area contributed by atoms with E-state index in [-0.39, 0.29) is 22.1 Å². The Bertz CT molecular complexity index is 774. The van der Waals surface area contributed by atoms with Gasteiger partial charge in [-0.3, -0.25) is 5.43 Å². The summed E-state index contributed by atoms with van der Waals surface area (Å²) in [6.07, 6.45) is -0.967. The Morgan fingerprint density at radius 3 is 2.78 bits per heavy atom. The molecule has 1 N–H and O–H groups in total. The summed E-state index contributed by atoms with van der Waals surface area (Å²) in [5.41, 5.74) is 2.18. The molecule has 0 fully saturated rings. The van der Waals surface area contributed by atoms with E-state index in [1.54, 1.807) is 6.21 Å². The largest absolute Gasteiger partial charge is 0.416 e. The number of halogens is 4. The van der Waals surface area contributed by atoms with Gasteiger partial charge in [-0.2, -0.15) is 28.6 Å². The van der Waals surface area contributed by atoms with Crippen LogP contribution in [0.1, 0.15) is 24.5 Å². The van der Waals surface area contributed by atoms with E-state index in [2.05, 4.69) is 15.6 Å². The zero-order valence-electron chi connectivity index (χ0n) is 11.9. The first-order valence-corrected chi connectivity index (χ1v) is 6.89. The molecule has 23 heavy (non-hydrogen) atoms. The van der Waals surface area contributed by atoms with Crippen molar-refractivity contribution in [1.29, 1.82) is 5.26 Å². The summed E-state index contributed by atoms with van der Waals surface area (Å²) in [4.78, 5) is 0. The Kier molecular flexibility index (Phi) is 4.91. The highest BCUT2D eigenvalue weighted by atomic mass is 35.5. The van der Waals surface area contributed by atoms with Crippen LogP contribution in [0.25, 0.3) is 5.69 Å². The zero-order chi connectivity index (χ0) is 17.0. The number of hydrogen-bond donors (Lipinski definition) is 1.